The van der Waals surface area contributed by atoms with Crippen LogP contribution in [0.15, 0.2) is 73.1 Å². The molecular formula is C19H14FN3O2. The third kappa shape index (κ3) is 4.06. The number of nitrogens with one attached hydrogen (secondary N) is 2. The van der Waals surface area contributed by atoms with Crippen LogP contribution in [0.1, 0.15) is 20.7 Å². The second-order valence-corrected chi connectivity index (χ2v) is 5.23. The molecule has 0 atom stereocenters. The van der Waals surface area contributed by atoms with Crippen LogP contribution in [0.3, 0.4) is 0 Å². The van der Waals surface area contributed by atoms with E-state index in [1.54, 1.807) is 36.7 Å². The molecular weight excluding hydrogens is 321 g/mol. The van der Waals surface area contributed by atoms with Crippen LogP contribution in [0.5, 0.6) is 0 Å². The summed E-state index contributed by atoms with van der Waals surface area (Å²) in [7, 11) is 0. The summed E-state index contributed by atoms with van der Waals surface area (Å²) in [5.41, 5.74) is 7.00. The largest absolute Gasteiger partial charge is 0.269 e. The third-order valence-electron chi connectivity index (χ3n) is 3.54. The molecule has 0 bridgehead atoms. The summed E-state index contributed by atoms with van der Waals surface area (Å²) in [5, 5.41) is 0. The third-order valence-corrected chi connectivity index (χ3v) is 3.54. The number of halogens is 1. The van der Waals surface area contributed by atoms with Crippen LogP contribution in [0.4, 0.5) is 4.39 Å². The van der Waals surface area contributed by atoms with Crippen molar-refractivity contribution >= 4 is 11.8 Å². The van der Waals surface area contributed by atoms with E-state index in [0.717, 1.165) is 17.2 Å². The molecule has 2 aromatic carbocycles. The maximum absolute atomic E-state index is 13.1. The smallest absolute Gasteiger partial charge is 0.267 e. The van der Waals surface area contributed by atoms with E-state index in [2.05, 4.69) is 15.8 Å². The van der Waals surface area contributed by atoms with Crippen LogP contribution in [0.2, 0.25) is 0 Å². The van der Waals surface area contributed by atoms with Crippen LogP contribution in [-0.4, -0.2) is 16.8 Å². The number of rotatable bonds is 3. The topological polar surface area (TPSA) is 71.1 Å². The number of carbonyl (C=O) groups is 2. The predicted octanol–water partition coefficient (Wildman–Crippen LogP) is 2.96. The summed E-state index contributed by atoms with van der Waals surface area (Å²) < 4.78 is 13.1. The van der Waals surface area contributed by atoms with Gasteiger partial charge in [-0.1, -0.05) is 18.2 Å². The van der Waals surface area contributed by atoms with Gasteiger partial charge in [0, 0.05) is 23.5 Å². The summed E-state index contributed by atoms with van der Waals surface area (Å²) in [6, 6.07) is 15.8. The Hall–Kier alpha value is -3.54. The predicted molar refractivity (Wildman–Crippen MR) is 91.0 cm³/mol. The lowest BCUT2D eigenvalue weighted by atomic mass is 10.1. The molecule has 2 N–H and O–H groups in total. The van der Waals surface area contributed by atoms with Crippen molar-refractivity contribution in [3.05, 3.63) is 90.0 Å². The van der Waals surface area contributed by atoms with Gasteiger partial charge in [-0.25, -0.2) is 4.39 Å². The van der Waals surface area contributed by atoms with E-state index in [-0.39, 0.29) is 5.56 Å². The Morgan fingerprint density at radius 3 is 2.00 bits per heavy atom. The first-order valence-electron chi connectivity index (χ1n) is 7.50. The number of pyridine rings is 1. The zero-order valence-corrected chi connectivity index (χ0v) is 13.1. The van der Waals surface area contributed by atoms with Gasteiger partial charge in [-0.15, -0.1) is 0 Å². The Balaban J connectivity index is 1.63. The van der Waals surface area contributed by atoms with Crippen LogP contribution in [-0.2, 0) is 0 Å². The first-order chi connectivity index (χ1) is 12.1. The number of hydrazine groups is 1. The lowest BCUT2D eigenvalue weighted by Crippen LogP contribution is -2.41. The molecule has 0 aliphatic heterocycles. The molecule has 6 heteroatoms. The van der Waals surface area contributed by atoms with Crippen molar-refractivity contribution in [2.45, 2.75) is 0 Å². The zero-order chi connectivity index (χ0) is 17.6. The molecule has 0 radical (unpaired) electrons. The molecule has 0 aliphatic carbocycles. The molecule has 25 heavy (non-hydrogen) atoms. The Morgan fingerprint density at radius 1 is 0.760 bits per heavy atom. The summed E-state index contributed by atoms with van der Waals surface area (Å²) in [4.78, 5) is 27.9. The molecule has 1 aromatic heterocycles. The molecule has 124 valence electrons. The maximum atomic E-state index is 13.1. The number of nitrogens with zero attached hydrogens (tertiary/aromatic N) is 1. The van der Waals surface area contributed by atoms with E-state index in [0.29, 0.717) is 5.56 Å². The Bertz CT molecular complexity index is 896. The number of carbonyl (C=O) groups excluding carboxylic acids is 2. The van der Waals surface area contributed by atoms with E-state index in [1.807, 2.05) is 12.1 Å². The minimum atomic E-state index is -0.596. The van der Waals surface area contributed by atoms with Crippen LogP contribution >= 0.6 is 0 Å². The monoisotopic (exact) mass is 335 g/mol. The minimum absolute atomic E-state index is 0.119. The van der Waals surface area contributed by atoms with Crippen molar-refractivity contribution in [2.75, 3.05) is 0 Å². The fourth-order valence-electron chi connectivity index (χ4n) is 2.25. The van der Waals surface area contributed by atoms with Crippen LogP contribution in [0.25, 0.3) is 11.1 Å². The lowest BCUT2D eigenvalue weighted by molar-refractivity contribution is 0.0846. The van der Waals surface area contributed by atoms with Gasteiger partial charge in [0.2, 0.25) is 0 Å². The number of amides is 2. The van der Waals surface area contributed by atoms with Gasteiger partial charge >= 0.3 is 0 Å². The van der Waals surface area contributed by atoms with Crippen molar-refractivity contribution in [1.82, 2.24) is 15.8 Å². The van der Waals surface area contributed by atoms with Gasteiger partial charge in [0.1, 0.15) is 5.82 Å². The summed E-state index contributed by atoms with van der Waals surface area (Å²) in [5.74, 6) is -1.59. The fraction of sp³-hybridized carbons (Fsp3) is 0. The summed E-state index contributed by atoms with van der Waals surface area (Å²) >= 11 is 0. The van der Waals surface area contributed by atoms with Gasteiger partial charge in [0.25, 0.3) is 11.8 Å². The fourth-order valence-corrected chi connectivity index (χ4v) is 2.25. The summed E-state index contributed by atoms with van der Waals surface area (Å²) in [6.07, 6.45) is 3.38. The lowest BCUT2D eigenvalue weighted by Gasteiger charge is -2.08. The highest BCUT2D eigenvalue weighted by molar-refractivity contribution is 5.99. The van der Waals surface area contributed by atoms with E-state index in [9.17, 15) is 14.0 Å². The van der Waals surface area contributed by atoms with Gasteiger partial charge in [-0.05, 0) is 53.6 Å². The average molecular weight is 335 g/mol. The van der Waals surface area contributed by atoms with Crippen LogP contribution in [0, 0.1) is 5.82 Å². The molecule has 1 heterocycles. The number of benzene rings is 2. The molecule has 0 unspecified atom stereocenters. The standard InChI is InChI=1S/C19H14FN3O2/c20-17-3-1-2-16(12-17)19(25)23-22-18(24)15-6-4-13(5-7-15)14-8-10-21-11-9-14/h1-12H,(H,22,24)(H,23,25). The number of hydrogen-bond acceptors (Lipinski definition) is 3. The van der Waals surface area contributed by atoms with E-state index in [4.69, 9.17) is 0 Å². The van der Waals surface area contributed by atoms with Gasteiger partial charge in [-0.2, -0.15) is 0 Å². The molecule has 0 fully saturated rings. The maximum Gasteiger partial charge on any atom is 0.269 e. The number of aromatic nitrogens is 1. The molecule has 0 saturated carbocycles. The molecule has 0 aliphatic rings. The first-order valence-corrected chi connectivity index (χ1v) is 7.50. The van der Waals surface area contributed by atoms with Crippen molar-refractivity contribution in [3.63, 3.8) is 0 Å². The molecule has 0 saturated heterocycles. The molecule has 5 nitrogen and oxygen atoms in total. The van der Waals surface area contributed by atoms with Crippen molar-refractivity contribution in [1.29, 1.82) is 0 Å². The number of hydrogen-bond donors (Lipinski definition) is 2. The molecule has 3 rings (SSSR count). The van der Waals surface area contributed by atoms with Gasteiger partial charge in [0.15, 0.2) is 0 Å². The van der Waals surface area contributed by atoms with E-state index >= 15 is 0 Å². The SMILES string of the molecule is O=C(NNC(=O)c1cccc(F)c1)c1ccc(-c2ccncc2)cc1. The highest BCUT2D eigenvalue weighted by Crippen LogP contribution is 2.18. The summed E-state index contributed by atoms with van der Waals surface area (Å²) in [6.45, 7) is 0. The van der Waals surface area contributed by atoms with E-state index < -0.39 is 17.6 Å². The van der Waals surface area contributed by atoms with Crippen molar-refractivity contribution in [3.8, 4) is 11.1 Å². The van der Waals surface area contributed by atoms with Crippen molar-refractivity contribution in [2.24, 2.45) is 0 Å². The second kappa shape index (κ2) is 7.35. The Kier molecular flexibility index (Phi) is 4.80. The highest BCUT2D eigenvalue weighted by atomic mass is 19.1. The Morgan fingerprint density at radius 2 is 1.36 bits per heavy atom. The second-order valence-electron chi connectivity index (χ2n) is 5.23. The normalized spacial score (nSPS) is 10.1. The zero-order valence-electron chi connectivity index (χ0n) is 13.1. The van der Waals surface area contributed by atoms with Crippen molar-refractivity contribution < 1.29 is 14.0 Å². The molecule has 0 spiro atoms. The van der Waals surface area contributed by atoms with Gasteiger partial charge in [0.05, 0.1) is 0 Å². The first kappa shape index (κ1) is 16.3. The average Bonchev–Trinajstić information content (AvgIpc) is 2.66. The quantitative estimate of drug-likeness (QED) is 0.723. The molecule has 3 aromatic rings. The van der Waals surface area contributed by atoms with E-state index in [1.165, 1.54) is 18.2 Å². The van der Waals surface area contributed by atoms with Gasteiger partial charge in [-0.3, -0.25) is 25.4 Å². The minimum Gasteiger partial charge on any atom is -0.267 e. The molecule has 2 amide bonds. The highest BCUT2D eigenvalue weighted by Gasteiger charge is 2.10. The van der Waals surface area contributed by atoms with Gasteiger partial charge < -0.3 is 0 Å². The Labute approximate surface area is 143 Å². The van der Waals surface area contributed by atoms with Crippen LogP contribution < -0.4 is 10.9 Å².